The number of oxazole rings is 1. The third-order valence-corrected chi connectivity index (χ3v) is 4.64. The van der Waals surface area contributed by atoms with Crippen molar-refractivity contribution < 1.29 is 22.8 Å². The molecule has 0 aliphatic heterocycles. The van der Waals surface area contributed by atoms with Crippen molar-refractivity contribution in [3.63, 3.8) is 0 Å². The van der Waals surface area contributed by atoms with Crippen LogP contribution in [0.15, 0.2) is 47.0 Å². The topological polar surface area (TPSA) is 84.2 Å². The van der Waals surface area contributed by atoms with Crippen LogP contribution in [0.5, 0.6) is 0 Å². The van der Waals surface area contributed by atoms with Gasteiger partial charge in [0.25, 0.3) is 0 Å². The molecule has 3 aromatic rings. The second kappa shape index (κ2) is 9.30. The molecule has 1 heterocycles. The molecule has 3 rings (SSSR count). The second-order valence-electron chi connectivity index (χ2n) is 6.81. The average molecular weight is 413 g/mol. The highest BCUT2D eigenvalue weighted by Gasteiger charge is 2.13. The fourth-order valence-corrected chi connectivity index (χ4v) is 2.81. The van der Waals surface area contributed by atoms with E-state index >= 15 is 0 Å². The molecule has 8 heteroatoms. The zero-order valence-electron chi connectivity index (χ0n) is 16.6. The molecule has 1 aromatic heterocycles. The zero-order valence-corrected chi connectivity index (χ0v) is 16.6. The first-order valence-corrected chi connectivity index (χ1v) is 9.36. The lowest BCUT2D eigenvalue weighted by atomic mass is 10.1. The van der Waals surface area contributed by atoms with Gasteiger partial charge in [-0.15, -0.1) is 0 Å². The van der Waals surface area contributed by atoms with Gasteiger partial charge in [0.15, 0.2) is 11.7 Å². The summed E-state index contributed by atoms with van der Waals surface area (Å²) in [6.07, 6.45) is 1.54. The molecular formula is C22H21F2N3O3. The van der Waals surface area contributed by atoms with Crippen LogP contribution in [0, 0.1) is 25.5 Å². The molecule has 0 saturated heterocycles. The van der Waals surface area contributed by atoms with Gasteiger partial charge in [0.05, 0.1) is 18.3 Å². The Bertz CT molecular complexity index is 1080. The summed E-state index contributed by atoms with van der Waals surface area (Å²) in [6, 6.07) is 8.73. The van der Waals surface area contributed by atoms with E-state index in [2.05, 4.69) is 15.6 Å². The van der Waals surface area contributed by atoms with Gasteiger partial charge in [-0.25, -0.2) is 13.8 Å². The van der Waals surface area contributed by atoms with Crippen molar-refractivity contribution in [3.05, 3.63) is 71.2 Å². The fraction of sp³-hybridized carbons (Fsp3) is 0.227. The summed E-state index contributed by atoms with van der Waals surface area (Å²) in [6.45, 7) is 3.70. The van der Waals surface area contributed by atoms with E-state index in [1.54, 1.807) is 6.07 Å². The highest BCUT2D eigenvalue weighted by Crippen LogP contribution is 2.24. The van der Waals surface area contributed by atoms with Crippen molar-refractivity contribution >= 4 is 17.5 Å². The number of aryl methyl sites for hydroxylation is 2. The van der Waals surface area contributed by atoms with Gasteiger partial charge >= 0.3 is 0 Å². The predicted octanol–water partition coefficient (Wildman–Crippen LogP) is 3.92. The molecule has 0 unspecified atom stereocenters. The molecule has 30 heavy (non-hydrogen) atoms. The number of amides is 2. The van der Waals surface area contributed by atoms with E-state index in [-0.39, 0.29) is 48.4 Å². The van der Waals surface area contributed by atoms with Crippen molar-refractivity contribution in [2.24, 2.45) is 0 Å². The molecule has 156 valence electrons. The highest BCUT2D eigenvalue weighted by molar-refractivity contribution is 5.95. The summed E-state index contributed by atoms with van der Waals surface area (Å²) in [5.41, 5.74) is 2.81. The summed E-state index contributed by atoms with van der Waals surface area (Å²) < 4.78 is 32.3. The zero-order chi connectivity index (χ0) is 21.7. The van der Waals surface area contributed by atoms with Crippen LogP contribution in [0.1, 0.15) is 23.4 Å². The lowest BCUT2D eigenvalue weighted by Gasteiger charge is -2.10. The monoisotopic (exact) mass is 413 g/mol. The van der Waals surface area contributed by atoms with Crippen molar-refractivity contribution in [1.82, 2.24) is 10.3 Å². The Morgan fingerprint density at radius 2 is 1.90 bits per heavy atom. The van der Waals surface area contributed by atoms with E-state index in [1.165, 1.54) is 12.3 Å². The van der Waals surface area contributed by atoms with Gasteiger partial charge in [0.1, 0.15) is 11.6 Å². The van der Waals surface area contributed by atoms with Crippen LogP contribution in [0.3, 0.4) is 0 Å². The van der Waals surface area contributed by atoms with E-state index < -0.39 is 11.6 Å². The molecule has 0 bridgehead atoms. The van der Waals surface area contributed by atoms with Gasteiger partial charge in [0.2, 0.25) is 11.8 Å². The summed E-state index contributed by atoms with van der Waals surface area (Å²) in [4.78, 5) is 28.1. The van der Waals surface area contributed by atoms with Crippen LogP contribution in [0.25, 0.3) is 11.3 Å². The molecule has 0 spiro atoms. The van der Waals surface area contributed by atoms with Crippen LogP contribution in [-0.2, 0) is 16.0 Å². The van der Waals surface area contributed by atoms with E-state index in [0.717, 1.165) is 23.3 Å². The number of carbonyl (C=O) groups is 2. The highest BCUT2D eigenvalue weighted by atomic mass is 19.1. The maximum atomic E-state index is 13.8. The Balaban J connectivity index is 1.47. The Hall–Kier alpha value is -3.55. The first kappa shape index (κ1) is 21.2. The van der Waals surface area contributed by atoms with Crippen LogP contribution in [0.2, 0.25) is 0 Å². The molecule has 0 fully saturated rings. The van der Waals surface area contributed by atoms with E-state index in [0.29, 0.717) is 5.69 Å². The van der Waals surface area contributed by atoms with E-state index in [1.807, 2.05) is 26.0 Å². The van der Waals surface area contributed by atoms with Crippen LogP contribution < -0.4 is 10.6 Å². The molecule has 2 N–H and O–H groups in total. The van der Waals surface area contributed by atoms with Crippen molar-refractivity contribution in [1.29, 1.82) is 0 Å². The minimum Gasteiger partial charge on any atom is -0.441 e. The third-order valence-electron chi connectivity index (χ3n) is 4.64. The molecule has 0 aliphatic rings. The Kier molecular flexibility index (Phi) is 6.56. The number of anilines is 1. The minimum absolute atomic E-state index is 0.0443. The smallest absolute Gasteiger partial charge is 0.243 e. The second-order valence-corrected chi connectivity index (χ2v) is 6.81. The molecule has 2 aromatic carbocycles. The minimum atomic E-state index is -0.759. The average Bonchev–Trinajstić information content (AvgIpc) is 3.17. The largest absolute Gasteiger partial charge is 0.441 e. The van der Waals surface area contributed by atoms with Crippen molar-refractivity contribution in [2.45, 2.75) is 26.7 Å². The Morgan fingerprint density at radius 3 is 2.67 bits per heavy atom. The summed E-state index contributed by atoms with van der Waals surface area (Å²) in [7, 11) is 0. The van der Waals surface area contributed by atoms with Gasteiger partial charge in [-0.05, 0) is 43.2 Å². The van der Waals surface area contributed by atoms with Gasteiger partial charge in [-0.2, -0.15) is 0 Å². The van der Waals surface area contributed by atoms with E-state index in [9.17, 15) is 18.4 Å². The van der Waals surface area contributed by atoms with Crippen LogP contribution in [-0.4, -0.2) is 23.3 Å². The van der Waals surface area contributed by atoms with Gasteiger partial charge < -0.3 is 15.1 Å². The number of rotatable bonds is 7. The lowest BCUT2D eigenvalue weighted by Crippen LogP contribution is -2.33. The number of aromatic nitrogens is 1. The summed E-state index contributed by atoms with van der Waals surface area (Å²) in [5.74, 6) is -1.74. The number of hydrogen-bond donors (Lipinski definition) is 2. The van der Waals surface area contributed by atoms with Crippen molar-refractivity contribution in [2.75, 3.05) is 11.9 Å². The molecule has 6 nitrogen and oxygen atoms in total. The number of hydrogen-bond acceptors (Lipinski definition) is 4. The number of nitrogens with zero attached hydrogens (tertiary/aromatic N) is 1. The number of halogens is 2. The maximum absolute atomic E-state index is 13.8. The van der Waals surface area contributed by atoms with Crippen LogP contribution in [0.4, 0.5) is 14.5 Å². The molecular weight excluding hydrogens is 392 g/mol. The van der Waals surface area contributed by atoms with Gasteiger partial charge in [-0.3, -0.25) is 9.59 Å². The number of nitrogens with one attached hydrogen (secondary N) is 2. The summed E-state index contributed by atoms with van der Waals surface area (Å²) >= 11 is 0. The third kappa shape index (κ3) is 5.28. The van der Waals surface area contributed by atoms with Crippen molar-refractivity contribution in [3.8, 4) is 11.3 Å². The summed E-state index contributed by atoms with van der Waals surface area (Å²) in [5, 5.41) is 5.30. The molecule has 0 radical (unpaired) electrons. The maximum Gasteiger partial charge on any atom is 0.243 e. The number of carbonyl (C=O) groups excluding carboxylic acids is 2. The normalized spacial score (nSPS) is 10.7. The molecule has 0 saturated carbocycles. The van der Waals surface area contributed by atoms with Crippen LogP contribution >= 0.6 is 0 Å². The Labute approximate surface area is 172 Å². The number of benzene rings is 2. The lowest BCUT2D eigenvalue weighted by molar-refractivity contribution is -0.124. The molecule has 2 amide bonds. The molecule has 0 aliphatic carbocycles. The van der Waals surface area contributed by atoms with E-state index in [4.69, 9.17) is 4.42 Å². The van der Waals surface area contributed by atoms with Gasteiger partial charge in [-0.1, -0.05) is 12.1 Å². The fourth-order valence-electron chi connectivity index (χ4n) is 2.81. The SMILES string of the molecule is Cc1cccc(NC(=O)CNC(=O)CCc2ncc(-c3ccc(F)cc3F)o2)c1C. The molecule has 0 atom stereocenters. The first-order valence-electron chi connectivity index (χ1n) is 9.36. The predicted molar refractivity (Wildman–Crippen MR) is 108 cm³/mol. The first-order chi connectivity index (χ1) is 14.3. The standard InChI is InChI=1S/C22H21F2N3O3/c1-13-4-3-5-18(14(13)2)27-21(29)12-25-20(28)8-9-22-26-11-19(30-22)16-7-6-15(23)10-17(16)24/h3-7,10-11H,8-9,12H2,1-2H3,(H,25,28)(H,27,29). The Morgan fingerprint density at radius 1 is 1.10 bits per heavy atom. The quantitative estimate of drug-likeness (QED) is 0.615. The van der Waals surface area contributed by atoms with Gasteiger partial charge in [0, 0.05) is 24.6 Å².